The second kappa shape index (κ2) is 10.2. The van der Waals surface area contributed by atoms with Crippen molar-refractivity contribution in [3.05, 3.63) is 88.7 Å². The summed E-state index contributed by atoms with van der Waals surface area (Å²) < 4.78 is 0. The van der Waals surface area contributed by atoms with Crippen molar-refractivity contribution >= 4 is 40.2 Å². The molecule has 6 heteroatoms. The van der Waals surface area contributed by atoms with Gasteiger partial charge in [-0.05, 0) is 42.5 Å². The third kappa shape index (κ3) is 5.80. The number of carbonyl (C=O) groups is 2. The average molecular weight is 406 g/mol. The molecule has 148 valence electrons. The Bertz CT molecular complexity index is 1040. The monoisotopic (exact) mass is 405 g/mol. The summed E-state index contributed by atoms with van der Waals surface area (Å²) in [5.41, 5.74) is 3.02. The number of nitrogens with one attached hydrogen (secondary N) is 3. The van der Waals surface area contributed by atoms with Gasteiger partial charge in [0.05, 0.1) is 16.1 Å². The highest BCUT2D eigenvalue weighted by Crippen LogP contribution is 2.20. The van der Waals surface area contributed by atoms with E-state index in [-0.39, 0.29) is 11.9 Å². The van der Waals surface area contributed by atoms with Gasteiger partial charge >= 0.3 is 0 Å². The van der Waals surface area contributed by atoms with Gasteiger partial charge in [0.1, 0.15) is 0 Å². The molecule has 1 unspecified atom stereocenters. The second-order valence-corrected chi connectivity index (χ2v) is 7.50. The molecule has 5 nitrogen and oxygen atoms in total. The highest BCUT2D eigenvalue weighted by Gasteiger charge is 2.10. The summed E-state index contributed by atoms with van der Waals surface area (Å²) in [6, 6.07) is 21.8. The zero-order valence-electron chi connectivity index (χ0n) is 16.1. The fraction of sp³-hybridized carbons (Fsp3) is 0.130. The first-order chi connectivity index (χ1) is 14.2. The highest BCUT2D eigenvalue weighted by molar-refractivity contribution is 7.12. The van der Waals surface area contributed by atoms with E-state index in [1.54, 1.807) is 0 Å². The molecular formula is C23H23N3O2S. The van der Waals surface area contributed by atoms with Gasteiger partial charge in [-0.2, -0.15) is 0 Å². The predicted octanol–water partition coefficient (Wildman–Crippen LogP) is 4.85. The topological polar surface area (TPSA) is 74.0 Å². The van der Waals surface area contributed by atoms with Crippen LogP contribution >= 0.6 is 11.3 Å². The summed E-state index contributed by atoms with van der Waals surface area (Å²) in [7, 11) is 0. The fourth-order valence-electron chi connectivity index (χ4n) is 2.99. The summed E-state index contributed by atoms with van der Waals surface area (Å²) in [4.78, 5) is 25.8. The molecule has 0 aliphatic heterocycles. The Labute approximate surface area is 173 Å². The van der Waals surface area contributed by atoms with Crippen LogP contribution in [-0.2, 0) is 11.2 Å². The van der Waals surface area contributed by atoms with Crippen LogP contribution < -0.4 is 10.6 Å². The number of hydrogen-bond donors (Lipinski definition) is 3. The Kier molecular flexibility index (Phi) is 7.19. The summed E-state index contributed by atoms with van der Waals surface area (Å²) in [6.45, 7) is 2.03. The number of carbonyl (C=O) groups excluding carboxylic acids is 2. The molecule has 0 fully saturated rings. The molecule has 0 aliphatic rings. The van der Waals surface area contributed by atoms with Crippen molar-refractivity contribution in [1.29, 1.82) is 0 Å². The van der Waals surface area contributed by atoms with Gasteiger partial charge in [-0.15, -0.1) is 11.3 Å². The first-order valence-corrected chi connectivity index (χ1v) is 10.2. The Hall–Kier alpha value is -3.38. The minimum atomic E-state index is 0.0171. The van der Waals surface area contributed by atoms with Crippen molar-refractivity contribution in [2.45, 2.75) is 19.4 Å². The van der Waals surface area contributed by atoms with Gasteiger partial charge in [0.25, 0.3) is 5.91 Å². The number of amides is 2. The van der Waals surface area contributed by atoms with Crippen LogP contribution in [0.1, 0.15) is 22.2 Å². The van der Waals surface area contributed by atoms with Crippen LogP contribution in [0.2, 0.25) is 0 Å². The normalized spacial score (nSPS) is 11.2. The molecule has 2 heterocycles. The number of thiophene rings is 1. The molecule has 4 aromatic rings. The smallest absolute Gasteiger partial charge is 0.261 e. The number of benzene rings is 2. The van der Waals surface area contributed by atoms with Gasteiger partial charge in [0.2, 0.25) is 6.41 Å². The molecule has 3 N–H and O–H groups in total. The van der Waals surface area contributed by atoms with Crippen LogP contribution in [0.3, 0.4) is 0 Å². The van der Waals surface area contributed by atoms with Gasteiger partial charge in [0.15, 0.2) is 0 Å². The number of H-pyrrole nitrogens is 1. The number of hydrogen-bond acceptors (Lipinski definition) is 3. The standard InChI is InChI=1S/C14H15NOS.C9H8N2O/c1-11(10-12-6-3-2-4-7-12)15-14(16)13-8-5-9-17-13;12-6-11-8-3-1-2-7-4-5-10-9(7)8/h2-9,11H,10H2,1H3,(H,15,16);1-6,10H,(H,11,12). The molecule has 0 aliphatic carbocycles. The predicted molar refractivity (Wildman–Crippen MR) is 119 cm³/mol. The Morgan fingerprint density at radius 1 is 1.07 bits per heavy atom. The van der Waals surface area contributed by atoms with E-state index in [2.05, 4.69) is 27.8 Å². The lowest BCUT2D eigenvalue weighted by molar-refractivity contribution is -0.105. The minimum absolute atomic E-state index is 0.0171. The number of aromatic nitrogens is 1. The number of para-hydroxylation sites is 1. The zero-order chi connectivity index (χ0) is 20.5. The lowest BCUT2D eigenvalue weighted by atomic mass is 10.1. The molecule has 2 aromatic carbocycles. The van der Waals surface area contributed by atoms with Crippen molar-refractivity contribution in [2.75, 3.05) is 5.32 Å². The SMILES string of the molecule is CC(Cc1ccccc1)NC(=O)c1cccs1.O=CNc1cccc2cc[nH]c12. The maximum Gasteiger partial charge on any atom is 0.261 e. The van der Waals surface area contributed by atoms with E-state index in [0.29, 0.717) is 6.41 Å². The number of anilines is 1. The molecule has 0 bridgehead atoms. The van der Waals surface area contributed by atoms with Crippen molar-refractivity contribution in [3.8, 4) is 0 Å². The van der Waals surface area contributed by atoms with E-state index in [1.807, 2.05) is 73.1 Å². The maximum atomic E-state index is 11.8. The van der Waals surface area contributed by atoms with Gasteiger partial charge in [-0.25, -0.2) is 0 Å². The first kappa shape index (κ1) is 20.4. The Morgan fingerprint density at radius 3 is 2.62 bits per heavy atom. The quantitative estimate of drug-likeness (QED) is 0.401. The largest absolute Gasteiger partial charge is 0.359 e. The summed E-state index contributed by atoms with van der Waals surface area (Å²) >= 11 is 1.47. The average Bonchev–Trinajstić information content (AvgIpc) is 3.42. The lowest BCUT2D eigenvalue weighted by Gasteiger charge is -2.13. The van der Waals surface area contributed by atoms with E-state index in [1.165, 1.54) is 16.9 Å². The fourth-order valence-corrected chi connectivity index (χ4v) is 3.62. The van der Waals surface area contributed by atoms with E-state index >= 15 is 0 Å². The molecule has 29 heavy (non-hydrogen) atoms. The molecule has 0 saturated heterocycles. The Balaban J connectivity index is 0.000000176. The number of rotatable bonds is 6. The number of fused-ring (bicyclic) bond motifs is 1. The second-order valence-electron chi connectivity index (χ2n) is 6.55. The van der Waals surface area contributed by atoms with E-state index in [0.717, 1.165) is 27.9 Å². The molecule has 4 rings (SSSR count). The van der Waals surface area contributed by atoms with E-state index < -0.39 is 0 Å². The highest BCUT2D eigenvalue weighted by atomic mass is 32.1. The van der Waals surface area contributed by atoms with Crippen molar-refractivity contribution < 1.29 is 9.59 Å². The Morgan fingerprint density at radius 2 is 1.90 bits per heavy atom. The zero-order valence-corrected chi connectivity index (χ0v) is 16.9. The maximum absolute atomic E-state index is 11.8. The van der Waals surface area contributed by atoms with Crippen LogP contribution in [0.15, 0.2) is 78.3 Å². The van der Waals surface area contributed by atoms with E-state index in [9.17, 15) is 9.59 Å². The molecule has 0 radical (unpaired) electrons. The van der Waals surface area contributed by atoms with Gasteiger partial charge in [-0.3, -0.25) is 9.59 Å². The number of aromatic amines is 1. The van der Waals surface area contributed by atoms with Crippen molar-refractivity contribution in [1.82, 2.24) is 10.3 Å². The van der Waals surface area contributed by atoms with Crippen LogP contribution in [0.25, 0.3) is 10.9 Å². The molecule has 0 saturated carbocycles. The molecule has 0 spiro atoms. The summed E-state index contributed by atoms with van der Waals surface area (Å²) in [5, 5.41) is 8.64. The van der Waals surface area contributed by atoms with Crippen LogP contribution in [-0.4, -0.2) is 23.3 Å². The van der Waals surface area contributed by atoms with Gasteiger partial charge in [0, 0.05) is 17.6 Å². The molecular weight excluding hydrogens is 382 g/mol. The summed E-state index contributed by atoms with van der Waals surface area (Å²) in [5.74, 6) is 0.0171. The first-order valence-electron chi connectivity index (χ1n) is 9.32. The third-order valence-corrected chi connectivity index (χ3v) is 5.18. The van der Waals surface area contributed by atoms with E-state index in [4.69, 9.17) is 0 Å². The molecule has 2 aromatic heterocycles. The van der Waals surface area contributed by atoms with Gasteiger partial charge < -0.3 is 15.6 Å². The van der Waals surface area contributed by atoms with Crippen LogP contribution in [0.5, 0.6) is 0 Å². The van der Waals surface area contributed by atoms with Gasteiger partial charge in [-0.1, -0.05) is 48.5 Å². The molecule has 2 amide bonds. The minimum Gasteiger partial charge on any atom is -0.359 e. The van der Waals surface area contributed by atoms with Crippen LogP contribution in [0.4, 0.5) is 5.69 Å². The summed E-state index contributed by atoms with van der Waals surface area (Å²) in [6.07, 6.45) is 3.38. The van der Waals surface area contributed by atoms with Crippen molar-refractivity contribution in [3.63, 3.8) is 0 Å². The van der Waals surface area contributed by atoms with Crippen molar-refractivity contribution in [2.24, 2.45) is 0 Å². The molecule has 1 atom stereocenters. The lowest BCUT2D eigenvalue weighted by Crippen LogP contribution is -2.33. The van der Waals surface area contributed by atoms with Crippen LogP contribution in [0, 0.1) is 0 Å². The third-order valence-electron chi connectivity index (χ3n) is 4.31.